The second-order valence-electron chi connectivity index (χ2n) is 4.02. The molecule has 1 aromatic heterocycles. The molecule has 0 radical (unpaired) electrons. The van der Waals surface area contributed by atoms with Crippen molar-refractivity contribution in [1.29, 1.82) is 0 Å². The van der Waals surface area contributed by atoms with Crippen molar-refractivity contribution in [2.45, 2.75) is 6.92 Å². The Balaban J connectivity index is 2.45. The molecular formula is C12H12BrN5O2. The molecule has 1 aromatic carbocycles. The molecule has 0 atom stereocenters. The number of hydrogen-bond donors (Lipinski definition) is 2. The maximum Gasteiger partial charge on any atom is 0.329 e. The summed E-state index contributed by atoms with van der Waals surface area (Å²) in [6, 6.07) is 5.63. The van der Waals surface area contributed by atoms with Crippen molar-refractivity contribution >= 4 is 39.1 Å². The van der Waals surface area contributed by atoms with Crippen molar-refractivity contribution in [2.24, 2.45) is 0 Å². The Morgan fingerprint density at radius 3 is 2.80 bits per heavy atom. The van der Waals surface area contributed by atoms with Gasteiger partial charge in [0.25, 0.3) is 0 Å². The van der Waals surface area contributed by atoms with Gasteiger partial charge in [0.05, 0.1) is 4.92 Å². The van der Waals surface area contributed by atoms with Gasteiger partial charge >= 0.3 is 5.69 Å². The van der Waals surface area contributed by atoms with Crippen LogP contribution in [-0.4, -0.2) is 21.9 Å². The van der Waals surface area contributed by atoms with Gasteiger partial charge in [0.2, 0.25) is 11.8 Å². The minimum absolute atomic E-state index is 0.149. The van der Waals surface area contributed by atoms with Crippen molar-refractivity contribution < 1.29 is 4.92 Å². The molecule has 0 bridgehead atoms. The second-order valence-corrected chi connectivity index (χ2v) is 4.93. The third-order valence-corrected chi connectivity index (χ3v) is 3.14. The van der Waals surface area contributed by atoms with E-state index in [2.05, 4.69) is 36.5 Å². The highest BCUT2D eigenvalue weighted by Gasteiger charge is 2.17. The molecule has 0 aliphatic rings. The predicted molar refractivity (Wildman–Crippen MR) is 80.4 cm³/mol. The largest absolute Gasteiger partial charge is 0.357 e. The Morgan fingerprint density at radius 2 is 2.15 bits per heavy atom. The quantitative estimate of drug-likeness (QED) is 0.657. The van der Waals surface area contributed by atoms with Gasteiger partial charge in [-0.15, -0.1) is 0 Å². The normalized spacial score (nSPS) is 10.2. The third kappa shape index (κ3) is 3.02. The fourth-order valence-electron chi connectivity index (χ4n) is 1.58. The van der Waals surface area contributed by atoms with Crippen LogP contribution in [0.5, 0.6) is 0 Å². The van der Waals surface area contributed by atoms with Gasteiger partial charge in [-0.3, -0.25) is 10.1 Å². The maximum absolute atomic E-state index is 11.0. The minimum atomic E-state index is -0.519. The number of nitrogens with one attached hydrogen (secondary N) is 2. The number of anilines is 3. The summed E-state index contributed by atoms with van der Waals surface area (Å²) >= 11 is 3.37. The first-order valence-electron chi connectivity index (χ1n) is 5.73. The van der Waals surface area contributed by atoms with E-state index < -0.39 is 4.92 Å². The summed E-state index contributed by atoms with van der Waals surface area (Å²) in [6.07, 6.45) is 1.18. The van der Waals surface area contributed by atoms with Gasteiger partial charge in [0.1, 0.15) is 6.20 Å². The summed E-state index contributed by atoms with van der Waals surface area (Å²) in [6.45, 7) is 1.90. The second kappa shape index (κ2) is 5.83. The molecule has 20 heavy (non-hydrogen) atoms. The standard InChI is InChI=1S/C12H12BrN5O2/c1-7-3-4-8(13)5-9(7)16-11-10(18(19)20)6-15-12(14-2)17-11/h3-6H,1-2H3,(H2,14,15,16,17). The van der Waals surface area contributed by atoms with Gasteiger partial charge in [-0.05, 0) is 24.6 Å². The van der Waals surface area contributed by atoms with Crippen LogP contribution in [0.4, 0.5) is 23.1 Å². The number of aryl methyl sites for hydroxylation is 1. The van der Waals surface area contributed by atoms with E-state index in [1.54, 1.807) is 7.05 Å². The lowest BCUT2D eigenvalue weighted by Crippen LogP contribution is -2.05. The van der Waals surface area contributed by atoms with Gasteiger partial charge in [0, 0.05) is 17.2 Å². The van der Waals surface area contributed by atoms with E-state index in [1.165, 1.54) is 6.20 Å². The Kier molecular flexibility index (Phi) is 4.14. The van der Waals surface area contributed by atoms with Gasteiger partial charge < -0.3 is 10.6 Å². The summed E-state index contributed by atoms with van der Waals surface area (Å²) in [5.41, 5.74) is 1.51. The number of aromatic nitrogens is 2. The molecule has 0 aliphatic carbocycles. The van der Waals surface area contributed by atoms with Crippen LogP contribution in [0.3, 0.4) is 0 Å². The van der Waals surface area contributed by atoms with Crippen LogP contribution < -0.4 is 10.6 Å². The summed E-state index contributed by atoms with van der Waals surface area (Å²) in [4.78, 5) is 18.4. The van der Waals surface area contributed by atoms with Crippen LogP contribution >= 0.6 is 15.9 Å². The third-order valence-electron chi connectivity index (χ3n) is 2.64. The molecule has 0 saturated carbocycles. The molecule has 0 unspecified atom stereocenters. The number of benzene rings is 1. The Hall–Kier alpha value is -2.22. The van der Waals surface area contributed by atoms with E-state index >= 15 is 0 Å². The van der Waals surface area contributed by atoms with Gasteiger partial charge in [-0.2, -0.15) is 4.98 Å². The zero-order valence-corrected chi connectivity index (χ0v) is 12.4. The first-order chi connectivity index (χ1) is 9.51. The molecule has 7 nitrogen and oxygen atoms in total. The van der Waals surface area contributed by atoms with Crippen LogP contribution in [0, 0.1) is 17.0 Å². The topological polar surface area (TPSA) is 93.0 Å². The molecule has 0 amide bonds. The molecule has 0 fully saturated rings. The summed E-state index contributed by atoms with van der Waals surface area (Å²) < 4.78 is 0.871. The monoisotopic (exact) mass is 337 g/mol. The van der Waals surface area contributed by atoms with Crippen molar-refractivity contribution in [1.82, 2.24) is 9.97 Å². The van der Waals surface area contributed by atoms with Crippen LogP contribution in [0.25, 0.3) is 0 Å². The summed E-state index contributed by atoms with van der Waals surface area (Å²) in [5.74, 6) is 0.460. The van der Waals surface area contributed by atoms with E-state index in [0.29, 0.717) is 5.95 Å². The zero-order chi connectivity index (χ0) is 14.7. The van der Waals surface area contributed by atoms with Crippen LogP contribution in [0.1, 0.15) is 5.56 Å². The lowest BCUT2D eigenvalue weighted by Gasteiger charge is -2.10. The molecule has 2 rings (SSSR count). The number of halogens is 1. The molecule has 2 aromatic rings. The molecule has 104 valence electrons. The van der Waals surface area contributed by atoms with E-state index in [1.807, 2.05) is 25.1 Å². The molecule has 8 heteroatoms. The summed E-state index contributed by atoms with van der Waals surface area (Å²) in [5, 5.41) is 16.7. The van der Waals surface area contributed by atoms with E-state index in [0.717, 1.165) is 15.7 Å². The van der Waals surface area contributed by atoms with Gasteiger partial charge in [0.15, 0.2) is 0 Å². The first kappa shape index (κ1) is 14.2. The van der Waals surface area contributed by atoms with Crippen LogP contribution in [-0.2, 0) is 0 Å². The van der Waals surface area contributed by atoms with Crippen LogP contribution in [0.15, 0.2) is 28.9 Å². The van der Waals surface area contributed by atoms with Gasteiger partial charge in [-0.25, -0.2) is 4.98 Å². The molecular weight excluding hydrogens is 326 g/mol. The van der Waals surface area contributed by atoms with E-state index in [-0.39, 0.29) is 11.5 Å². The van der Waals surface area contributed by atoms with Crippen molar-refractivity contribution in [2.75, 3.05) is 17.7 Å². The Labute approximate surface area is 123 Å². The molecule has 0 saturated heterocycles. The molecule has 0 spiro atoms. The highest BCUT2D eigenvalue weighted by atomic mass is 79.9. The molecule has 2 N–H and O–H groups in total. The fraction of sp³-hybridized carbons (Fsp3) is 0.167. The predicted octanol–water partition coefficient (Wildman–Crippen LogP) is 3.24. The first-order valence-corrected chi connectivity index (χ1v) is 6.53. The fourth-order valence-corrected chi connectivity index (χ4v) is 1.94. The Morgan fingerprint density at radius 1 is 1.40 bits per heavy atom. The maximum atomic E-state index is 11.0. The lowest BCUT2D eigenvalue weighted by molar-refractivity contribution is -0.384. The lowest BCUT2D eigenvalue weighted by atomic mass is 10.2. The smallest absolute Gasteiger partial charge is 0.329 e. The van der Waals surface area contributed by atoms with Crippen molar-refractivity contribution in [3.8, 4) is 0 Å². The highest BCUT2D eigenvalue weighted by molar-refractivity contribution is 9.10. The van der Waals surface area contributed by atoms with Crippen molar-refractivity contribution in [3.63, 3.8) is 0 Å². The number of nitro groups is 1. The van der Waals surface area contributed by atoms with Crippen LogP contribution in [0.2, 0.25) is 0 Å². The number of rotatable bonds is 4. The zero-order valence-electron chi connectivity index (χ0n) is 10.8. The average molecular weight is 338 g/mol. The van der Waals surface area contributed by atoms with E-state index in [4.69, 9.17) is 0 Å². The molecule has 0 aliphatic heterocycles. The Bertz CT molecular complexity index is 662. The number of nitrogens with zero attached hydrogens (tertiary/aromatic N) is 3. The minimum Gasteiger partial charge on any atom is -0.357 e. The van der Waals surface area contributed by atoms with E-state index in [9.17, 15) is 10.1 Å². The molecule has 1 heterocycles. The number of hydrogen-bond acceptors (Lipinski definition) is 6. The SMILES string of the molecule is CNc1ncc([N+](=O)[O-])c(Nc2cc(Br)ccc2C)n1. The summed E-state index contributed by atoms with van der Waals surface area (Å²) in [7, 11) is 1.65. The van der Waals surface area contributed by atoms with Crippen molar-refractivity contribution in [3.05, 3.63) is 44.5 Å². The highest BCUT2D eigenvalue weighted by Crippen LogP contribution is 2.29. The average Bonchev–Trinajstić information content (AvgIpc) is 2.42. The van der Waals surface area contributed by atoms with Gasteiger partial charge in [-0.1, -0.05) is 22.0 Å².